The van der Waals surface area contributed by atoms with Gasteiger partial charge in [0, 0.05) is 43.9 Å². The highest BCUT2D eigenvalue weighted by Crippen LogP contribution is 2.18. The quantitative estimate of drug-likeness (QED) is 0.834. The van der Waals surface area contributed by atoms with Crippen molar-refractivity contribution in [2.24, 2.45) is 5.92 Å². The van der Waals surface area contributed by atoms with E-state index >= 15 is 0 Å². The van der Waals surface area contributed by atoms with E-state index in [-0.39, 0.29) is 0 Å². The van der Waals surface area contributed by atoms with E-state index in [2.05, 4.69) is 55.5 Å². The van der Waals surface area contributed by atoms with Crippen molar-refractivity contribution in [1.82, 2.24) is 14.9 Å². The van der Waals surface area contributed by atoms with E-state index in [1.54, 1.807) is 0 Å². The van der Waals surface area contributed by atoms with E-state index in [1.807, 2.05) is 0 Å². The molecule has 2 rings (SSSR count). The molecule has 1 aromatic rings. The topological polar surface area (TPSA) is 32.3 Å². The van der Waals surface area contributed by atoms with Crippen molar-refractivity contribution in [3.8, 4) is 0 Å². The lowest BCUT2D eigenvalue weighted by molar-refractivity contribution is 0.243. The van der Waals surface area contributed by atoms with Crippen LogP contribution in [-0.2, 0) is 0 Å². The summed E-state index contributed by atoms with van der Waals surface area (Å²) >= 11 is 0. The maximum Gasteiger partial charge on any atom is 0.133 e. The summed E-state index contributed by atoms with van der Waals surface area (Å²) < 4.78 is 0. The molecular formula is C17H30N4. The van der Waals surface area contributed by atoms with E-state index in [9.17, 15) is 0 Å². The number of nitrogens with zero attached hydrogens (tertiary/aromatic N) is 4. The van der Waals surface area contributed by atoms with Gasteiger partial charge in [-0.1, -0.05) is 27.7 Å². The number of hydrogen-bond acceptors (Lipinski definition) is 4. The van der Waals surface area contributed by atoms with Crippen LogP contribution in [0, 0.1) is 12.8 Å². The molecular weight excluding hydrogens is 260 g/mol. The van der Waals surface area contributed by atoms with E-state index in [0.717, 1.165) is 49.4 Å². The second-order valence-corrected chi connectivity index (χ2v) is 6.89. The minimum atomic E-state index is 0.385. The van der Waals surface area contributed by atoms with Crippen molar-refractivity contribution in [1.29, 1.82) is 0 Å². The van der Waals surface area contributed by atoms with Gasteiger partial charge in [0.15, 0.2) is 0 Å². The molecule has 0 atom stereocenters. The van der Waals surface area contributed by atoms with Crippen LogP contribution in [-0.4, -0.2) is 47.6 Å². The van der Waals surface area contributed by atoms with Crippen LogP contribution in [0.3, 0.4) is 0 Å². The molecule has 1 aliphatic rings. The molecule has 118 valence electrons. The number of hydrogen-bond donors (Lipinski definition) is 0. The molecule has 0 amide bonds. The van der Waals surface area contributed by atoms with Crippen LogP contribution >= 0.6 is 0 Å². The standard InChI is InChI=1S/C17H30N4/c1-13(2)6-7-20-8-10-21(11-9-20)16-12-15(5)18-17(19-16)14(3)4/h12-14H,6-11H2,1-5H3. The van der Waals surface area contributed by atoms with Gasteiger partial charge in [-0.2, -0.15) is 0 Å². The minimum Gasteiger partial charge on any atom is -0.354 e. The first-order chi connectivity index (χ1) is 9.95. The number of aryl methyl sites for hydroxylation is 1. The minimum absolute atomic E-state index is 0.385. The van der Waals surface area contributed by atoms with Crippen LogP contribution in [0.1, 0.15) is 51.6 Å². The van der Waals surface area contributed by atoms with Gasteiger partial charge in [0.1, 0.15) is 11.6 Å². The summed E-state index contributed by atoms with van der Waals surface area (Å²) in [5.41, 5.74) is 1.07. The molecule has 4 heteroatoms. The van der Waals surface area contributed by atoms with Gasteiger partial charge >= 0.3 is 0 Å². The van der Waals surface area contributed by atoms with Gasteiger partial charge in [0.05, 0.1) is 0 Å². The highest BCUT2D eigenvalue weighted by molar-refractivity contribution is 5.40. The van der Waals surface area contributed by atoms with E-state index in [1.165, 1.54) is 13.0 Å². The summed E-state index contributed by atoms with van der Waals surface area (Å²) in [4.78, 5) is 14.3. The van der Waals surface area contributed by atoms with Crippen molar-refractivity contribution in [3.63, 3.8) is 0 Å². The van der Waals surface area contributed by atoms with Crippen LogP contribution in [0.25, 0.3) is 0 Å². The number of anilines is 1. The molecule has 1 aromatic heterocycles. The molecule has 0 bridgehead atoms. The Morgan fingerprint density at radius 1 is 1.05 bits per heavy atom. The van der Waals surface area contributed by atoms with Crippen LogP contribution in [0.2, 0.25) is 0 Å². The summed E-state index contributed by atoms with van der Waals surface area (Å²) in [6.45, 7) is 16.6. The first kappa shape index (κ1) is 16.2. The molecule has 0 N–H and O–H groups in total. The number of piperazine rings is 1. The molecule has 0 radical (unpaired) electrons. The molecule has 2 heterocycles. The Balaban J connectivity index is 1.96. The zero-order chi connectivity index (χ0) is 15.4. The van der Waals surface area contributed by atoms with Crippen molar-refractivity contribution in [2.45, 2.75) is 47.0 Å². The Kier molecular flexibility index (Phi) is 5.57. The molecule has 0 aromatic carbocycles. The third kappa shape index (κ3) is 4.67. The third-order valence-electron chi connectivity index (χ3n) is 4.09. The van der Waals surface area contributed by atoms with Gasteiger partial charge in [0.2, 0.25) is 0 Å². The summed E-state index contributed by atoms with van der Waals surface area (Å²) in [6, 6.07) is 2.12. The van der Waals surface area contributed by atoms with Gasteiger partial charge in [-0.3, -0.25) is 4.90 Å². The fourth-order valence-corrected chi connectivity index (χ4v) is 2.64. The maximum atomic E-state index is 4.75. The predicted octanol–water partition coefficient (Wildman–Crippen LogP) is 3.08. The lowest BCUT2D eigenvalue weighted by Crippen LogP contribution is -2.47. The third-order valence-corrected chi connectivity index (χ3v) is 4.09. The fourth-order valence-electron chi connectivity index (χ4n) is 2.64. The van der Waals surface area contributed by atoms with E-state index in [4.69, 9.17) is 4.98 Å². The lowest BCUT2D eigenvalue weighted by atomic mass is 10.1. The van der Waals surface area contributed by atoms with Crippen LogP contribution in [0.4, 0.5) is 5.82 Å². The second kappa shape index (κ2) is 7.21. The van der Waals surface area contributed by atoms with Gasteiger partial charge in [-0.15, -0.1) is 0 Å². The Morgan fingerprint density at radius 2 is 1.71 bits per heavy atom. The molecule has 1 aliphatic heterocycles. The predicted molar refractivity (Wildman–Crippen MR) is 89.0 cm³/mol. The molecule has 0 spiro atoms. The summed E-state index contributed by atoms with van der Waals surface area (Å²) in [6.07, 6.45) is 1.30. The summed E-state index contributed by atoms with van der Waals surface area (Å²) in [5, 5.41) is 0. The average Bonchev–Trinajstić information content (AvgIpc) is 2.45. The van der Waals surface area contributed by atoms with Crippen LogP contribution in [0.15, 0.2) is 6.07 Å². The molecule has 21 heavy (non-hydrogen) atoms. The Morgan fingerprint density at radius 3 is 2.29 bits per heavy atom. The SMILES string of the molecule is Cc1cc(N2CCN(CCC(C)C)CC2)nc(C(C)C)n1. The van der Waals surface area contributed by atoms with Crippen molar-refractivity contribution >= 4 is 5.82 Å². The molecule has 0 saturated carbocycles. The van der Waals surface area contributed by atoms with Gasteiger partial charge in [-0.05, 0) is 25.8 Å². The monoisotopic (exact) mass is 290 g/mol. The highest BCUT2D eigenvalue weighted by Gasteiger charge is 2.19. The molecule has 0 aliphatic carbocycles. The Hall–Kier alpha value is -1.16. The Labute approximate surface area is 129 Å². The number of aromatic nitrogens is 2. The Bertz CT molecular complexity index is 448. The normalized spacial score (nSPS) is 17.0. The molecule has 1 fully saturated rings. The summed E-state index contributed by atoms with van der Waals surface area (Å²) in [5.74, 6) is 3.25. The maximum absolute atomic E-state index is 4.75. The molecule has 1 saturated heterocycles. The number of rotatable bonds is 5. The lowest BCUT2D eigenvalue weighted by Gasteiger charge is -2.36. The molecule has 0 unspecified atom stereocenters. The molecule has 4 nitrogen and oxygen atoms in total. The van der Waals surface area contributed by atoms with Crippen LogP contribution < -0.4 is 4.90 Å². The van der Waals surface area contributed by atoms with Crippen molar-refractivity contribution < 1.29 is 0 Å². The average molecular weight is 290 g/mol. The smallest absolute Gasteiger partial charge is 0.133 e. The fraction of sp³-hybridized carbons (Fsp3) is 0.765. The van der Waals surface area contributed by atoms with Crippen molar-refractivity contribution in [3.05, 3.63) is 17.6 Å². The largest absolute Gasteiger partial charge is 0.354 e. The highest BCUT2D eigenvalue weighted by atomic mass is 15.3. The zero-order valence-corrected chi connectivity index (χ0v) is 14.3. The van der Waals surface area contributed by atoms with E-state index < -0.39 is 0 Å². The summed E-state index contributed by atoms with van der Waals surface area (Å²) in [7, 11) is 0. The van der Waals surface area contributed by atoms with E-state index in [0.29, 0.717) is 5.92 Å². The van der Waals surface area contributed by atoms with Crippen LogP contribution in [0.5, 0.6) is 0 Å². The first-order valence-electron chi connectivity index (χ1n) is 8.28. The van der Waals surface area contributed by atoms with Crippen molar-refractivity contribution in [2.75, 3.05) is 37.6 Å². The van der Waals surface area contributed by atoms with Gasteiger partial charge < -0.3 is 4.90 Å². The van der Waals surface area contributed by atoms with Gasteiger partial charge in [-0.25, -0.2) is 9.97 Å². The second-order valence-electron chi connectivity index (χ2n) is 6.89. The van der Waals surface area contributed by atoms with Gasteiger partial charge in [0.25, 0.3) is 0 Å². The zero-order valence-electron chi connectivity index (χ0n) is 14.3. The first-order valence-corrected chi connectivity index (χ1v) is 8.28.